The number of nitrogens with zero attached hydrogens (tertiary/aromatic N) is 1. The molecule has 0 aromatic rings. The van der Waals surface area contributed by atoms with Gasteiger partial charge in [0.2, 0.25) is 0 Å². The number of nitrogens with one attached hydrogen (secondary N) is 1. The number of carbonyl (C=O) groups is 1. The lowest BCUT2D eigenvalue weighted by Crippen LogP contribution is -2.37. The van der Waals surface area contributed by atoms with E-state index in [9.17, 15) is 9.70 Å². The van der Waals surface area contributed by atoms with E-state index in [0.29, 0.717) is 19.4 Å². The first-order valence-corrected chi connectivity index (χ1v) is 3.87. The number of carboxylic acids is 1. The van der Waals surface area contributed by atoms with Crippen molar-refractivity contribution >= 4 is 5.97 Å². The fraction of sp³-hybridized carbons (Fsp3) is 0.833. The summed E-state index contributed by atoms with van der Waals surface area (Å²) in [7, 11) is 0. The Labute approximate surface area is 75.4 Å². The zero-order chi connectivity index (χ0) is 10.3. The molecule has 7 heteroatoms. The zero-order valence-electron chi connectivity index (χ0n) is 7.14. The van der Waals surface area contributed by atoms with Gasteiger partial charge in [0.25, 0.3) is 0 Å². The monoisotopic (exact) mass is 190 g/mol. The predicted molar refractivity (Wildman–Crippen MR) is 46.6 cm³/mol. The molecule has 7 nitrogen and oxygen atoms in total. The summed E-state index contributed by atoms with van der Waals surface area (Å²) in [6.07, 6.45) is -0.0500. The quantitative estimate of drug-likeness (QED) is 0.226. The number of hydrogen-bond donors (Lipinski definition) is 4. The molecule has 0 amide bonds. The fourth-order valence-corrected chi connectivity index (χ4v) is 0.733. The molecule has 0 spiro atoms. The Balaban J connectivity index is 3.35. The zero-order valence-corrected chi connectivity index (χ0v) is 7.14. The van der Waals surface area contributed by atoms with Gasteiger partial charge >= 0.3 is 5.97 Å². The number of aliphatic carboxylic acids is 1. The highest BCUT2D eigenvalue weighted by atomic mass is 16.4. The number of rotatable bonds is 7. The van der Waals surface area contributed by atoms with Gasteiger partial charge in [0.1, 0.15) is 6.04 Å². The van der Waals surface area contributed by atoms with Crippen LogP contribution in [0.2, 0.25) is 0 Å². The smallest absolute Gasteiger partial charge is 0.320 e. The van der Waals surface area contributed by atoms with E-state index < -0.39 is 18.3 Å². The SMILES string of the molecule is NC(N=O)NCCC[C@H](N)C(=O)O. The van der Waals surface area contributed by atoms with Crippen LogP contribution in [-0.2, 0) is 4.79 Å². The Hall–Kier alpha value is -1.05. The lowest BCUT2D eigenvalue weighted by molar-refractivity contribution is -0.138. The van der Waals surface area contributed by atoms with Crippen LogP contribution in [0.25, 0.3) is 0 Å². The van der Waals surface area contributed by atoms with Crippen LogP contribution in [0.5, 0.6) is 0 Å². The molecule has 0 heterocycles. The van der Waals surface area contributed by atoms with Gasteiger partial charge in [-0.15, -0.1) is 4.91 Å². The summed E-state index contributed by atoms with van der Waals surface area (Å²) < 4.78 is 0. The van der Waals surface area contributed by atoms with Crippen LogP contribution in [0.1, 0.15) is 12.8 Å². The lowest BCUT2D eigenvalue weighted by Gasteiger charge is -2.07. The Morgan fingerprint density at radius 2 is 2.15 bits per heavy atom. The molecule has 0 aromatic carbocycles. The normalized spacial score (nSPS) is 14.9. The first-order valence-electron chi connectivity index (χ1n) is 3.87. The van der Waals surface area contributed by atoms with Crippen molar-refractivity contribution in [1.29, 1.82) is 0 Å². The largest absolute Gasteiger partial charge is 0.480 e. The van der Waals surface area contributed by atoms with Gasteiger partial charge in [0, 0.05) is 0 Å². The van der Waals surface area contributed by atoms with E-state index in [1.54, 1.807) is 0 Å². The van der Waals surface area contributed by atoms with Crippen molar-refractivity contribution in [2.24, 2.45) is 16.6 Å². The highest BCUT2D eigenvalue weighted by Gasteiger charge is 2.10. The van der Waals surface area contributed by atoms with Crippen LogP contribution >= 0.6 is 0 Å². The summed E-state index contributed by atoms with van der Waals surface area (Å²) in [5, 5.41) is 13.5. The Morgan fingerprint density at radius 1 is 1.54 bits per heavy atom. The van der Waals surface area contributed by atoms with Gasteiger partial charge in [-0.2, -0.15) is 0 Å². The molecule has 0 saturated carbocycles. The van der Waals surface area contributed by atoms with Crippen molar-refractivity contribution in [3.05, 3.63) is 4.91 Å². The van der Waals surface area contributed by atoms with Crippen molar-refractivity contribution in [2.75, 3.05) is 6.54 Å². The topological polar surface area (TPSA) is 131 Å². The van der Waals surface area contributed by atoms with Crippen LogP contribution in [0.3, 0.4) is 0 Å². The maximum Gasteiger partial charge on any atom is 0.320 e. The molecule has 0 bridgehead atoms. The third-order valence-corrected chi connectivity index (χ3v) is 1.48. The molecule has 0 rings (SSSR count). The Bertz CT molecular complexity index is 175. The molecular formula is C6H14N4O3. The lowest BCUT2D eigenvalue weighted by atomic mass is 10.2. The molecule has 2 atom stereocenters. The number of nitrogens with two attached hydrogens (primary N) is 2. The van der Waals surface area contributed by atoms with Crippen LogP contribution in [0.15, 0.2) is 5.18 Å². The molecule has 6 N–H and O–H groups in total. The van der Waals surface area contributed by atoms with Crippen LogP contribution in [-0.4, -0.2) is 30.0 Å². The third kappa shape index (κ3) is 6.14. The average molecular weight is 190 g/mol. The Morgan fingerprint density at radius 3 is 2.62 bits per heavy atom. The minimum absolute atomic E-state index is 0.341. The van der Waals surface area contributed by atoms with E-state index in [-0.39, 0.29) is 0 Å². The maximum absolute atomic E-state index is 10.2. The predicted octanol–water partition coefficient (Wildman–Crippen LogP) is -1.22. The van der Waals surface area contributed by atoms with Gasteiger partial charge < -0.3 is 10.8 Å². The van der Waals surface area contributed by atoms with Crippen molar-refractivity contribution < 1.29 is 9.90 Å². The van der Waals surface area contributed by atoms with Gasteiger partial charge in [-0.1, -0.05) is 0 Å². The van der Waals surface area contributed by atoms with Gasteiger partial charge in [-0.05, 0) is 24.6 Å². The van der Waals surface area contributed by atoms with E-state index in [1.165, 1.54) is 0 Å². The second-order valence-electron chi connectivity index (χ2n) is 2.59. The molecular weight excluding hydrogens is 176 g/mol. The van der Waals surface area contributed by atoms with E-state index in [4.69, 9.17) is 16.6 Å². The highest BCUT2D eigenvalue weighted by molar-refractivity contribution is 5.72. The molecule has 1 unspecified atom stereocenters. The second-order valence-corrected chi connectivity index (χ2v) is 2.59. The number of nitroso groups, excluding NO2 is 1. The van der Waals surface area contributed by atoms with Gasteiger partial charge in [0.15, 0.2) is 6.29 Å². The van der Waals surface area contributed by atoms with Crippen molar-refractivity contribution in [3.63, 3.8) is 0 Å². The maximum atomic E-state index is 10.2. The van der Waals surface area contributed by atoms with Crippen molar-refractivity contribution in [1.82, 2.24) is 5.32 Å². The summed E-state index contributed by atoms with van der Waals surface area (Å²) in [5.41, 5.74) is 10.3. The molecule has 0 radical (unpaired) electrons. The van der Waals surface area contributed by atoms with E-state index in [1.807, 2.05) is 0 Å². The van der Waals surface area contributed by atoms with E-state index >= 15 is 0 Å². The van der Waals surface area contributed by atoms with Crippen LogP contribution in [0, 0.1) is 4.91 Å². The fourth-order valence-electron chi connectivity index (χ4n) is 0.733. The molecule has 0 aliphatic rings. The molecule has 76 valence electrons. The summed E-state index contributed by atoms with van der Waals surface area (Å²) in [6, 6.07) is -0.859. The summed E-state index contributed by atoms with van der Waals surface area (Å²) in [5.74, 6) is -1.03. The minimum Gasteiger partial charge on any atom is -0.480 e. The summed E-state index contributed by atoms with van der Waals surface area (Å²) >= 11 is 0. The van der Waals surface area contributed by atoms with Gasteiger partial charge in [-0.25, -0.2) is 0 Å². The second kappa shape index (κ2) is 6.46. The number of carboxylic acid groups (broad SMARTS) is 1. The van der Waals surface area contributed by atoms with Crippen molar-refractivity contribution in [2.45, 2.75) is 25.2 Å². The van der Waals surface area contributed by atoms with Crippen molar-refractivity contribution in [3.8, 4) is 0 Å². The first-order chi connectivity index (χ1) is 6.07. The highest BCUT2D eigenvalue weighted by Crippen LogP contribution is 1.93. The minimum atomic E-state index is -1.03. The molecule has 13 heavy (non-hydrogen) atoms. The first kappa shape index (κ1) is 11.9. The third-order valence-electron chi connectivity index (χ3n) is 1.48. The molecule has 0 aliphatic carbocycles. The summed E-state index contributed by atoms with van der Waals surface area (Å²) in [4.78, 5) is 20.0. The molecule has 0 aromatic heterocycles. The molecule has 0 aliphatic heterocycles. The Kier molecular flexibility index (Phi) is 5.94. The van der Waals surface area contributed by atoms with Crippen LogP contribution in [0.4, 0.5) is 0 Å². The summed E-state index contributed by atoms with van der Waals surface area (Å²) in [6.45, 7) is 0.424. The van der Waals surface area contributed by atoms with Gasteiger partial charge in [0.05, 0.1) is 0 Å². The number of hydrogen-bond acceptors (Lipinski definition) is 6. The standard InChI is InChI=1S/C6H14N4O3/c7-4(5(11)12)2-1-3-9-6(8)10-13/h4,6,9H,1-3,7-8H2,(H,11,12)/t4-,6?/m0/s1. The van der Waals surface area contributed by atoms with E-state index in [2.05, 4.69) is 10.5 Å². The van der Waals surface area contributed by atoms with E-state index in [0.717, 1.165) is 0 Å². The van der Waals surface area contributed by atoms with Crippen LogP contribution < -0.4 is 16.8 Å². The van der Waals surface area contributed by atoms with Gasteiger partial charge in [-0.3, -0.25) is 15.8 Å². The molecule has 0 fully saturated rings. The molecule has 0 saturated heterocycles. The average Bonchev–Trinajstić information content (AvgIpc) is 2.11.